The van der Waals surface area contributed by atoms with Crippen molar-refractivity contribution in [3.8, 4) is 17.4 Å². The van der Waals surface area contributed by atoms with Crippen LogP contribution in [0.1, 0.15) is 90.5 Å². The zero-order chi connectivity index (χ0) is 56.0. The van der Waals surface area contributed by atoms with Crippen LogP contribution < -0.4 is 34.0 Å². The highest BCUT2D eigenvalue weighted by Crippen LogP contribution is 2.55. The average molecular weight is 1140 g/mol. The van der Waals surface area contributed by atoms with Gasteiger partial charge in [-0.05, 0) is 111 Å². The van der Waals surface area contributed by atoms with Crippen LogP contribution in [0, 0.1) is 40.0 Å². The fraction of sp³-hybridized carbons (Fsp3) is 0.467. The molecule has 0 unspecified atom stereocenters. The van der Waals surface area contributed by atoms with E-state index in [-0.39, 0.29) is 65.7 Å². The van der Waals surface area contributed by atoms with E-state index in [1.807, 2.05) is 24.3 Å². The summed E-state index contributed by atoms with van der Waals surface area (Å²) in [6, 6.07) is 22.5. The van der Waals surface area contributed by atoms with E-state index < -0.39 is 49.2 Å². The number of benzene rings is 4. The van der Waals surface area contributed by atoms with Crippen molar-refractivity contribution >= 4 is 55.4 Å². The highest BCUT2D eigenvalue weighted by atomic mass is 32.2. The molecule has 1 spiro atoms. The zero-order valence-corrected chi connectivity index (χ0v) is 46.3. The number of nitrogens with zero attached hydrogens (tertiary/aromatic N) is 6. The number of amides is 1. The molecule has 5 fully saturated rings. The van der Waals surface area contributed by atoms with Crippen molar-refractivity contribution in [3.63, 3.8) is 0 Å². The summed E-state index contributed by atoms with van der Waals surface area (Å²) in [5.41, 5.74) is 5.60. The van der Waals surface area contributed by atoms with E-state index in [9.17, 15) is 32.1 Å². The Labute approximate surface area is 473 Å². The Morgan fingerprint density at radius 1 is 0.829 bits per heavy atom. The third-order valence-electron chi connectivity index (χ3n) is 19.0. The maximum absolute atomic E-state index is 14.9. The van der Waals surface area contributed by atoms with Crippen molar-refractivity contribution < 1.29 is 50.6 Å². The average Bonchev–Trinajstić information content (AvgIpc) is 4.10. The van der Waals surface area contributed by atoms with Crippen LogP contribution in [0.3, 0.4) is 0 Å². The summed E-state index contributed by atoms with van der Waals surface area (Å²) >= 11 is 0. The number of nitro groups is 1. The molecule has 0 bridgehead atoms. The van der Waals surface area contributed by atoms with Gasteiger partial charge in [-0.15, -0.1) is 0 Å². The largest absolute Gasteiger partial charge is 0.493 e. The summed E-state index contributed by atoms with van der Waals surface area (Å²) < 4.78 is 90.1. The number of pyridine rings is 1. The number of carbonyl (C=O) groups is 1. The van der Waals surface area contributed by atoms with Gasteiger partial charge in [0.1, 0.15) is 29.8 Å². The summed E-state index contributed by atoms with van der Waals surface area (Å²) in [6.45, 7) is 8.54. The second kappa shape index (κ2) is 20.9. The SMILES string of the molecule is Cc1ccccc1[C@@H]1CN([C@@H]2CCOc3cc(F)c(F)cc32)CCN1C1CC2(CCN(c3ccc(C(=O)NS(=O)(=O)c4cc5c(c([N+](=O)[O-])c4)N[C@H](C4CCOCC4)CO5)c(N4c5cc6cc[nH]c6nc5O[C@H]5COCC[C@@H]54)c3)CC2)C1. The molecule has 6 aromatic rings. The monoisotopic (exact) mass is 1140 g/mol. The number of carbonyl (C=O) groups excluding carboxylic acids is 1. The molecule has 1 saturated carbocycles. The van der Waals surface area contributed by atoms with E-state index in [1.54, 1.807) is 12.3 Å². The number of nitrogens with one attached hydrogen (secondary N) is 3. The lowest BCUT2D eigenvalue weighted by Gasteiger charge is -2.59. The number of hydrogen-bond donors (Lipinski definition) is 3. The first-order valence-corrected chi connectivity index (χ1v) is 30.2. The molecule has 1 amide bonds. The molecule has 19 nitrogen and oxygen atoms in total. The number of aromatic amines is 1. The predicted octanol–water partition coefficient (Wildman–Crippen LogP) is 9.10. The van der Waals surface area contributed by atoms with Crippen LogP contribution in [-0.2, 0) is 19.5 Å². The van der Waals surface area contributed by atoms with E-state index in [1.165, 1.54) is 29.3 Å². The van der Waals surface area contributed by atoms with Crippen LogP contribution in [0.15, 0.2) is 90.0 Å². The number of nitro benzene ring substituents is 1. The molecule has 4 saturated heterocycles. The van der Waals surface area contributed by atoms with Crippen LogP contribution in [0.4, 0.5) is 37.2 Å². The summed E-state index contributed by atoms with van der Waals surface area (Å²) in [5, 5.41) is 16.7. The zero-order valence-electron chi connectivity index (χ0n) is 45.5. The van der Waals surface area contributed by atoms with Crippen LogP contribution in [-0.4, -0.2) is 136 Å². The van der Waals surface area contributed by atoms with Gasteiger partial charge in [0.05, 0.1) is 46.4 Å². The number of rotatable bonds is 10. The fourth-order valence-electron chi connectivity index (χ4n) is 14.6. The molecule has 7 aliphatic heterocycles. The molecule has 430 valence electrons. The first-order chi connectivity index (χ1) is 39.8. The van der Waals surface area contributed by atoms with Gasteiger partial charge >= 0.3 is 0 Å². The standard InChI is InChI=1S/C60H65F2N9O10S/c1-35-4-2-3-5-41(35)52-32-68(47-12-23-79-53-29-45(62)44(61)28-43(47)53)18-19-69(52)39-30-60(31-39)13-16-67(17-14-60)38-6-7-42(49(25-38)70-48-11-22-78-34-55(48)81-59-51(70)24-37-8-15-63-57(37)65-59)58(72)66-82(75,76)40-26-50(71(73)74)56-54(27-40)80-33-46(64-56)36-9-20-77-21-10-36/h2-8,15,24-29,36,39,46-48,52,55,64H,9-14,16-23,30-34H2,1H3,(H,63,65)(H,66,72)/t46-,47+,48-,52-,55-/m0/s1. The summed E-state index contributed by atoms with van der Waals surface area (Å²) in [5.74, 6) is -1.76. The number of ether oxygens (including phenoxy) is 5. The lowest BCUT2D eigenvalue weighted by Crippen LogP contribution is -2.60. The third-order valence-corrected chi connectivity index (χ3v) is 20.3. The first kappa shape index (κ1) is 52.9. The van der Waals surface area contributed by atoms with Crippen LogP contribution >= 0.6 is 0 Å². The highest BCUT2D eigenvalue weighted by Gasteiger charge is 2.51. The number of aryl methyl sites for hydroxylation is 1. The molecule has 9 heterocycles. The maximum atomic E-state index is 14.9. The van der Waals surface area contributed by atoms with E-state index in [2.05, 4.69) is 65.8 Å². The Bertz CT molecular complexity index is 3600. The van der Waals surface area contributed by atoms with Gasteiger partial charge < -0.3 is 43.8 Å². The second-order valence-corrected chi connectivity index (χ2v) is 25.2. The van der Waals surface area contributed by atoms with Crippen LogP contribution in [0.2, 0.25) is 0 Å². The Hall–Kier alpha value is -7.11. The number of piperidine rings is 1. The molecule has 4 aromatic carbocycles. The van der Waals surface area contributed by atoms with Gasteiger partial charge in [0, 0.05) is 118 Å². The highest BCUT2D eigenvalue weighted by molar-refractivity contribution is 7.90. The molecule has 22 heteroatoms. The normalized spacial score (nSPS) is 24.8. The smallest absolute Gasteiger partial charge is 0.297 e. The van der Waals surface area contributed by atoms with Gasteiger partial charge in [-0.2, -0.15) is 4.98 Å². The van der Waals surface area contributed by atoms with Gasteiger partial charge in [0.2, 0.25) is 5.88 Å². The minimum Gasteiger partial charge on any atom is -0.493 e. The number of aromatic nitrogens is 2. The van der Waals surface area contributed by atoms with Crippen molar-refractivity contribution in [1.82, 2.24) is 24.5 Å². The van der Waals surface area contributed by atoms with Gasteiger partial charge in [-0.1, -0.05) is 24.3 Å². The van der Waals surface area contributed by atoms with E-state index in [0.29, 0.717) is 79.5 Å². The molecular formula is C60H65F2N9O10S. The van der Waals surface area contributed by atoms with Crippen molar-refractivity contribution in [1.29, 1.82) is 0 Å². The van der Waals surface area contributed by atoms with Gasteiger partial charge in [-0.3, -0.25) is 24.7 Å². The molecular weight excluding hydrogens is 1080 g/mol. The minimum atomic E-state index is -4.73. The maximum Gasteiger partial charge on any atom is 0.297 e. The molecule has 3 N–H and O–H groups in total. The van der Waals surface area contributed by atoms with Crippen molar-refractivity contribution in [2.45, 2.75) is 99.5 Å². The lowest BCUT2D eigenvalue weighted by molar-refractivity contribution is -0.384. The van der Waals surface area contributed by atoms with Crippen LogP contribution in [0.25, 0.3) is 11.0 Å². The molecule has 14 rings (SSSR count). The van der Waals surface area contributed by atoms with Gasteiger partial charge in [0.25, 0.3) is 21.6 Å². The molecule has 1 aliphatic carbocycles. The third kappa shape index (κ3) is 9.52. The Kier molecular flexibility index (Phi) is 13.5. The predicted molar refractivity (Wildman–Crippen MR) is 301 cm³/mol. The van der Waals surface area contributed by atoms with Gasteiger partial charge in [0.15, 0.2) is 23.1 Å². The van der Waals surface area contributed by atoms with Crippen molar-refractivity contribution in [2.24, 2.45) is 11.3 Å². The number of H-pyrrole nitrogens is 1. The Morgan fingerprint density at radius 3 is 2.45 bits per heavy atom. The quantitative estimate of drug-likeness (QED) is 0.0864. The molecule has 5 atom stereocenters. The van der Waals surface area contributed by atoms with Crippen molar-refractivity contribution in [2.75, 3.05) is 87.5 Å². The second-order valence-electron chi connectivity index (χ2n) is 23.5. The van der Waals surface area contributed by atoms with E-state index in [4.69, 9.17) is 28.7 Å². The number of halogens is 2. The first-order valence-electron chi connectivity index (χ1n) is 28.7. The fourth-order valence-corrected chi connectivity index (χ4v) is 15.6. The van der Waals surface area contributed by atoms with E-state index >= 15 is 0 Å². The number of fused-ring (bicyclic) bond motifs is 5. The molecule has 82 heavy (non-hydrogen) atoms. The number of piperazine rings is 1. The lowest BCUT2D eigenvalue weighted by atomic mass is 9.59. The molecule has 2 aromatic heterocycles. The Balaban J connectivity index is 0.735. The summed E-state index contributed by atoms with van der Waals surface area (Å²) in [6.07, 6.45) is 8.09. The summed E-state index contributed by atoms with van der Waals surface area (Å²) in [7, 11) is -4.73. The van der Waals surface area contributed by atoms with Gasteiger partial charge in [-0.25, -0.2) is 21.9 Å². The van der Waals surface area contributed by atoms with Crippen molar-refractivity contribution in [3.05, 3.63) is 129 Å². The van der Waals surface area contributed by atoms with E-state index in [0.717, 1.165) is 88.4 Å². The molecule has 8 aliphatic rings. The number of anilines is 4. The Morgan fingerprint density at radius 2 is 1.63 bits per heavy atom. The topological polar surface area (TPSA) is 206 Å². The summed E-state index contributed by atoms with van der Waals surface area (Å²) in [4.78, 5) is 44.0. The molecule has 0 radical (unpaired) electrons. The van der Waals surface area contributed by atoms with Crippen LogP contribution in [0.5, 0.6) is 17.4 Å². The number of hydrogen-bond acceptors (Lipinski definition) is 16. The minimum absolute atomic E-state index is 0.0116. The number of sulfonamides is 1.